The molecule has 0 spiro atoms. The van der Waals surface area contributed by atoms with Crippen LogP contribution in [0.4, 0.5) is 10.3 Å². The summed E-state index contributed by atoms with van der Waals surface area (Å²) < 4.78 is 20.0. The van der Waals surface area contributed by atoms with Gasteiger partial charge in [-0.1, -0.05) is 0 Å². The van der Waals surface area contributed by atoms with Gasteiger partial charge in [-0.2, -0.15) is 10.1 Å². The number of carbonyl (C=O) groups is 1. The van der Waals surface area contributed by atoms with E-state index < -0.39 is 11.7 Å². The third-order valence-electron chi connectivity index (χ3n) is 2.52. The summed E-state index contributed by atoms with van der Waals surface area (Å²) in [5.41, 5.74) is -0.0820. The molecule has 0 atom stereocenters. The van der Waals surface area contributed by atoms with Gasteiger partial charge in [-0.15, -0.1) is 0 Å². The Morgan fingerprint density at radius 2 is 2.21 bits per heavy atom. The van der Waals surface area contributed by atoms with Crippen LogP contribution in [0.25, 0.3) is 0 Å². The molecule has 1 aromatic heterocycles. The van der Waals surface area contributed by atoms with E-state index in [4.69, 9.17) is 4.74 Å². The zero-order valence-corrected chi connectivity index (χ0v) is 10.8. The van der Waals surface area contributed by atoms with Crippen LogP contribution in [0.3, 0.4) is 0 Å². The van der Waals surface area contributed by atoms with Crippen molar-refractivity contribution in [2.75, 3.05) is 12.4 Å². The number of amides is 1. The molecule has 0 aliphatic carbocycles. The van der Waals surface area contributed by atoms with Crippen LogP contribution in [0, 0.1) is 12.7 Å². The largest absolute Gasteiger partial charge is 0.497 e. The smallest absolute Gasteiger partial charge is 0.260 e. The molecule has 0 saturated heterocycles. The molecule has 0 aliphatic rings. The number of ether oxygens (including phenoxy) is 1. The highest BCUT2D eigenvalue weighted by molar-refractivity contribution is 6.03. The number of benzene rings is 1. The summed E-state index contributed by atoms with van der Waals surface area (Å²) in [6, 6.07) is 4.02. The Balaban J connectivity index is 2.23. The van der Waals surface area contributed by atoms with Gasteiger partial charge in [-0.05, 0) is 19.1 Å². The third-order valence-corrected chi connectivity index (χ3v) is 2.52. The predicted octanol–water partition coefficient (Wildman–Crippen LogP) is 1.52. The second-order valence-electron chi connectivity index (χ2n) is 3.91. The van der Waals surface area contributed by atoms with E-state index in [0.717, 1.165) is 6.07 Å². The number of hydrogen-bond donors (Lipinski definition) is 1. The molecular formula is C12H13FN4O2. The highest BCUT2D eigenvalue weighted by Gasteiger charge is 2.15. The van der Waals surface area contributed by atoms with E-state index in [2.05, 4.69) is 15.4 Å². The number of anilines is 1. The second kappa shape index (κ2) is 5.05. The lowest BCUT2D eigenvalue weighted by atomic mass is 10.2. The first-order valence-electron chi connectivity index (χ1n) is 5.54. The summed E-state index contributed by atoms with van der Waals surface area (Å²) >= 11 is 0. The summed E-state index contributed by atoms with van der Waals surface area (Å²) in [7, 11) is 3.07. The Morgan fingerprint density at radius 3 is 2.74 bits per heavy atom. The molecule has 0 bridgehead atoms. The minimum atomic E-state index is -0.657. The first-order chi connectivity index (χ1) is 9.01. The number of aryl methyl sites for hydroxylation is 2. The van der Waals surface area contributed by atoms with Gasteiger partial charge in [0.05, 0.1) is 12.7 Å². The van der Waals surface area contributed by atoms with Crippen molar-refractivity contribution in [3.63, 3.8) is 0 Å². The second-order valence-corrected chi connectivity index (χ2v) is 3.91. The van der Waals surface area contributed by atoms with Gasteiger partial charge in [0.2, 0.25) is 5.95 Å². The Hall–Kier alpha value is -2.44. The molecule has 1 aromatic carbocycles. The molecule has 6 nitrogen and oxygen atoms in total. The fraction of sp³-hybridized carbons (Fsp3) is 0.250. The summed E-state index contributed by atoms with van der Waals surface area (Å²) in [4.78, 5) is 15.9. The van der Waals surface area contributed by atoms with Gasteiger partial charge in [0.25, 0.3) is 5.91 Å². The van der Waals surface area contributed by atoms with Crippen LogP contribution in [0.2, 0.25) is 0 Å². The molecule has 1 N–H and O–H groups in total. The molecule has 1 heterocycles. The van der Waals surface area contributed by atoms with E-state index >= 15 is 0 Å². The van der Waals surface area contributed by atoms with Crippen LogP contribution in [0.5, 0.6) is 5.75 Å². The van der Waals surface area contributed by atoms with E-state index in [0.29, 0.717) is 11.6 Å². The Morgan fingerprint density at radius 1 is 1.47 bits per heavy atom. The van der Waals surface area contributed by atoms with Crippen molar-refractivity contribution in [1.82, 2.24) is 14.8 Å². The maximum atomic E-state index is 13.7. The van der Waals surface area contributed by atoms with E-state index in [9.17, 15) is 9.18 Å². The van der Waals surface area contributed by atoms with Crippen molar-refractivity contribution in [1.29, 1.82) is 0 Å². The molecular weight excluding hydrogens is 251 g/mol. The van der Waals surface area contributed by atoms with Gasteiger partial charge in [0.1, 0.15) is 17.4 Å². The van der Waals surface area contributed by atoms with Crippen LogP contribution in [-0.4, -0.2) is 27.8 Å². The van der Waals surface area contributed by atoms with Gasteiger partial charge in [0, 0.05) is 13.1 Å². The Labute approximate surface area is 109 Å². The molecule has 100 valence electrons. The highest BCUT2D eigenvalue weighted by atomic mass is 19.1. The van der Waals surface area contributed by atoms with Crippen LogP contribution < -0.4 is 10.1 Å². The number of halogens is 1. The van der Waals surface area contributed by atoms with Crippen molar-refractivity contribution in [3.05, 3.63) is 35.4 Å². The monoisotopic (exact) mass is 264 g/mol. The average molecular weight is 264 g/mol. The minimum Gasteiger partial charge on any atom is -0.497 e. The lowest BCUT2D eigenvalue weighted by Gasteiger charge is -2.06. The standard InChI is InChI=1S/C12H13FN4O2/c1-7-14-12(17(2)16-7)15-11(18)9-5-4-8(19-3)6-10(9)13/h4-6H,1-3H3,(H,14,15,16,18). The third kappa shape index (κ3) is 2.70. The molecule has 0 saturated carbocycles. The topological polar surface area (TPSA) is 69.0 Å². The van der Waals surface area contributed by atoms with Crippen LogP contribution in [0.1, 0.15) is 16.2 Å². The van der Waals surface area contributed by atoms with Gasteiger partial charge in [-0.25, -0.2) is 9.07 Å². The van der Waals surface area contributed by atoms with E-state index in [-0.39, 0.29) is 11.5 Å². The van der Waals surface area contributed by atoms with Crippen molar-refractivity contribution >= 4 is 11.9 Å². The highest BCUT2D eigenvalue weighted by Crippen LogP contribution is 2.17. The molecule has 2 rings (SSSR count). The molecule has 19 heavy (non-hydrogen) atoms. The van der Waals surface area contributed by atoms with E-state index in [1.165, 1.54) is 23.9 Å². The first kappa shape index (κ1) is 13.0. The maximum Gasteiger partial charge on any atom is 0.260 e. The van der Waals surface area contributed by atoms with Crippen molar-refractivity contribution in [2.24, 2.45) is 7.05 Å². The molecule has 7 heteroatoms. The fourth-order valence-electron chi connectivity index (χ4n) is 1.60. The summed E-state index contributed by atoms with van der Waals surface area (Å²) in [5, 5.41) is 6.48. The molecule has 0 radical (unpaired) electrons. The summed E-state index contributed by atoms with van der Waals surface area (Å²) in [6.07, 6.45) is 0. The number of carbonyl (C=O) groups excluding carboxylic acids is 1. The van der Waals surface area contributed by atoms with E-state index in [1.807, 2.05) is 0 Å². The summed E-state index contributed by atoms with van der Waals surface area (Å²) in [6.45, 7) is 1.70. The lowest BCUT2D eigenvalue weighted by Crippen LogP contribution is -2.16. The van der Waals surface area contributed by atoms with Gasteiger partial charge >= 0.3 is 0 Å². The van der Waals surface area contributed by atoms with Crippen molar-refractivity contribution < 1.29 is 13.9 Å². The van der Waals surface area contributed by atoms with Crippen LogP contribution >= 0.6 is 0 Å². The number of nitrogens with zero attached hydrogens (tertiary/aromatic N) is 3. The first-order valence-corrected chi connectivity index (χ1v) is 5.54. The number of aromatic nitrogens is 3. The minimum absolute atomic E-state index is 0.0820. The molecule has 0 unspecified atom stereocenters. The summed E-state index contributed by atoms with van der Waals surface area (Å²) in [5.74, 6) is -0.110. The molecule has 1 amide bonds. The number of hydrogen-bond acceptors (Lipinski definition) is 4. The molecule has 0 aliphatic heterocycles. The van der Waals surface area contributed by atoms with E-state index in [1.54, 1.807) is 14.0 Å². The van der Waals surface area contributed by atoms with Gasteiger partial charge in [-0.3, -0.25) is 10.1 Å². The predicted molar refractivity (Wildman–Crippen MR) is 66.6 cm³/mol. The zero-order chi connectivity index (χ0) is 14.0. The average Bonchev–Trinajstić information content (AvgIpc) is 2.67. The molecule has 0 fully saturated rings. The Kier molecular flexibility index (Phi) is 3.46. The quantitative estimate of drug-likeness (QED) is 0.912. The van der Waals surface area contributed by atoms with Crippen LogP contribution in [-0.2, 0) is 7.05 Å². The SMILES string of the molecule is COc1ccc(C(=O)Nc2nc(C)nn2C)c(F)c1. The number of nitrogens with one attached hydrogen (secondary N) is 1. The van der Waals surface area contributed by atoms with Crippen molar-refractivity contribution in [3.8, 4) is 5.75 Å². The maximum absolute atomic E-state index is 13.7. The number of methoxy groups -OCH3 is 1. The Bertz CT molecular complexity index is 624. The normalized spacial score (nSPS) is 10.3. The van der Waals surface area contributed by atoms with Gasteiger partial charge < -0.3 is 4.74 Å². The molecule has 2 aromatic rings. The lowest BCUT2D eigenvalue weighted by molar-refractivity contribution is 0.102. The van der Waals surface area contributed by atoms with Crippen LogP contribution in [0.15, 0.2) is 18.2 Å². The fourth-order valence-corrected chi connectivity index (χ4v) is 1.60. The number of rotatable bonds is 3. The zero-order valence-electron chi connectivity index (χ0n) is 10.8. The van der Waals surface area contributed by atoms with Gasteiger partial charge in [0.15, 0.2) is 0 Å². The van der Waals surface area contributed by atoms with Crippen molar-refractivity contribution in [2.45, 2.75) is 6.92 Å².